The van der Waals surface area contributed by atoms with Crippen molar-refractivity contribution >= 4 is 5.69 Å². The second-order valence-corrected chi connectivity index (χ2v) is 5.25. The average molecular weight is 231 g/mol. The van der Waals surface area contributed by atoms with Crippen molar-refractivity contribution in [3.63, 3.8) is 0 Å². The third kappa shape index (κ3) is 2.32. The molecule has 0 aromatic heterocycles. The van der Waals surface area contributed by atoms with Gasteiger partial charge in [0, 0.05) is 0 Å². The molecule has 0 amide bonds. The fourth-order valence-electron chi connectivity index (χ4n) is 3.27. The van der Waals surface area contributed by atoms with Gasteiger partial charge in [-0.2, -0.15) is 0 Å². The molecule has 3 rings (SSSR count). The lowest BCUT2D eigenvalue weighted by atomic mass is 9.83. The molecule has 92 valence electrons. The van der Waals surface area contributed by atoms with Crippen LogP contribution in [0.3, 0.4) is 0 Å². The maximum atomic E-state index is 5.84. The number of benzene rings is 1. The van der Waals surface area contributed by atoms with Crippen LogP contribution < -0.4 is 5.06 Å². The molecule has 0 N–H and O–H groups in total. The minimum absolute atomic E-state index is 0.609. The van der Waals surface area contributed by atoms with Crippen LogP contribution in [0.2, 0.25) is 0 Å². The second kappa shape index (κ2) is 5.09. The average Bonchev–Trinajstić information content (AvgIpc) is 2.90. The molecule has 1 saturated heterocycles. The first kappa shape index (κ1) is 11.1. The Balaban J connectivity index is 1.75. The van der Waals surface area contributed by atoms with Crippen molar-refractivity contribution in [1.29, 1.82) is 0 Å². The van der Waals surface area contributed by atoms with Gasteiger partial charge in [-0.1, -0.05) is 37.5 Å². The Morgan fingerprint density at radius 3 is 2.47 bits per heavy atom. The lowest BCUT2D eigenvalue weighted by Crippen LogP contribution is -2.35. The van der Waals surface area contributed by atoms with Gasteiger partial charge >= 0.3 is 0 Å². The Hall–Kier alpha value is -1.02. The van der Waals surface area contributed by atoms with Gasteiger partial charge in [-0.3, -0.25) is 9.90 Å². The van der Waals surface area contributed by atoms with Crippen LogP contribution in [0, 0.1) is 5.92 Å². The van der Waals surface area contributed by atoms with E-state index in [9.17, 15) is 0 Å². The van der Waals surface area contributed by atoms with E-state index in [1.807, 2.05) is 0 Å². The summed E-state index contributed by atoms with van der Waals surface area (Å²) in [6, 6.07) is 11.2. The zero-order valence-electron chi connectivity index (χ0n) is 10.3. The molecule has 17 heavy (non-hydrogen) atoms. The summed E-state index contributed by atoms with van der Waals surface area (Å²) < 4.78 is 0. The largest absolute Gasteiger partial charge is 0.273 e. The van der Waals surface area contributed by atoms with Crippen LogP contribution in [-0.4, -0.2) is 12.6 Å². The summed E-state index contributed by atoms with van der Waals surface area (Å²) in [7, 11) is 0. The van der Waals surface area contributed by atoms with Gasteiger partial charge < -0.3 is 0 Å². The number of anilines is 1. The molecule has 1 unspecified atom stereocenters. The van der Waals surface area contributed by atoms with Crippen LogP contribution in [-0.2, 0) is 4.84 Å². The third-order valence-electron chi connectivity index (χ3n) is 4.15. The molecule has 2 heteroatoms. The van der Waals surface area contributed by atoms with Crippen molar-refractivity contribution in [2.75, 3.05) is 11.7 Å². The Morgan fingerprint density at radius 1 is 0.941 bits per heavy atom. The first-order chi connectivity index (χ1) is 8.45. The molecular weight excluding hydrogens is 210 g/mol. The summed E-state index contributed by atoms with van der Waals surface area (Å²) in [6.07, 6.45) is 8.21. The minimum atomic E-state index is 0.609. The van der Waals surface area contributed by atoms with Crippen LogP contribution in [0.4, 0.5) is 5.69 Å². The van der Waals surface area contributed by atoms with E-state index in [1.54, 1.807) is 0 Å². The smallest absolute Gasteiger partial charge is 0.0769 e. The molecule has 0 radical (unpaired) electrons. The van der Waals surface area contributed by atoms with E-state index >= 15 is 0 Å². The first-order valence-corrected chi connectivity index (χ1v) is 6.92. The van der Waals surface area contributed by atoms with Gasteiger partial charge in [0.1, 0.15) is 0 Å². The van der Waals surface area contributed by atoms with Crippen molar-refractivity contribution in [1.82, 2.24) is 0 Å². The van der Waals surface area contributed by atoms with Gasteiger partial charge in [0.05, 0.1) is 18.3 Å². The lowest BCUT2D eigenvalue weighted by Gasteiger charge is -2.33. The number of rotatable bonds is 2. The fourth-order valence-corrected chi connectivity index (χ4v) is 3.27. The van der Waals surface area contributed by atoms with Crippen LogP contribution in [0.5, 0.6) is 0 Å². The molecule has 2 nitrogen and oxygen atoms in total. The fraction of sp³-hybridized carbons (Fsp3) is 0.600. The summed E-state index contributed by atoms with van der Waals surface area (Å²) in [5, 5.41) is 2.18. The molecule has 1 aromatic rings. The van der Waals surface area contributed by atoms with Crippen LogP contribution >= 0.6 is 0 Å². The normalized spacial score (nSPS) is 26.4. The van der Waals surface area contributed by atoms with Gasteiger partial charge in [-0.05, 0) is 37.3 Å². The maximum absolute atomic E-state index is 5.84. The van der Waals surface area contributed by atoms with E-state index in [1.165, 1.54) is 44.2 Å². The van der Waals surface area contributed by atoms with Gasteiger partial charge in [-0.15, -0.1) is 0 Å². The SMILES string of the molecule is c1ccc(N2OCCC2C2CCCCC2)cc1. The highest BCUT2D eigenvalue weighted by molar-refractivity contribution is 5.45. The van der Waals surface area contributed by atoms with E-state index in [0.29, 0.717) is 6.04 Å². The molecule has 0 bridgehead atoms. The van der Waals surface area contributed by atoms with Gasteiger partial charge in [-0.25, -0.2) is 0 Å². The second-order valence-electron chi connectivity index (χ2n) is 5.25. The predicted octanol–water partition coefficient (Wildman–Crippen LogP) is 3.78. The monoisotopic (exact) mass is 231 g/mol. The number of hydrogen-bond acceptors (Lipinski definition) is 2. The topological polar surface area (TPSA) is 12.5 Å². The zero-order valence-corrected chi connectivity index (χ0v) is 10.3. The van der Waals surface area contributed by atoms with Crippen LogP contribution in [0.25, 0.3) is 0 Å². The van der Waals surface area contributed by atoms with Crippen molar-refractivity contribution in [3.05, 3.63) is 30.3 Å². The number of hydrogen-bond donors (Lipinski definition) is 0. The highest BCUT2D eigenvalue weighted by Crippen LogP contribution is 2.35. The molecule has 1 aromatic carbocycles. The molecule has 0 spiro atoms. The predicted molar refractivity (Wildman–Crippen MR) is 69.9 cm³/mol. The number of hydroxylamine groups is 1. The molecule has 1 aliphatic carbocycles. The highest BCUT2D eigenvalue weighted by Gasteiger charge is 2.33. The minimum Gasteiger partial charge on any atom is -0.273 e. The van der Waals surface area contributed by atoms with Crippen LogP contribution in [0.15, 0.2) is 30.3 Å². The maximum Gasteiger partial charge on any atom is 0.0769 e. The molecule has 1 heterocycles. The molecular formula is C15H21NO. The number of para-hydroxylation sites is 1. The summed E-state index contributed by atoms with van der Waals surface area (Å²) in [5.74, 6) is 0.839. The van der Waals surface area contributed by atoms with E-state index in [0.717, 1.165) is 12.5 Å². The molecule has 2 aliphatic rings. The summed E-state index contributed by atoms with van der Waals surface area (Å²) in [5.41, 5.74) is 1.22. The first-order valence-electron chi connectivity index (χ1n) is 6.92. The van der Waals surface area contributed by atoms with E-state index in [-0.39, 0.29) is 0 Å². The summed E-state index contributed by atoms with van der Waals surface area (Å²) in [6.45, 7) is 0.885. The van der Waals surface area contributed by atoms with Crippen molar-refractivity contribution in [3.8, 4) is 0 Å². The van der Waals surface area contributed by atoms with Gasteiger partial charge in [0.25, 0.3) is 0 Å². The van der Waals surface area contributed by atoms with E-state index in [2.05, 4.69) is 35.4 Å². The van der Waals surface area contributed by atoms with Gasteiger partial charge in [0.2, 0.25) is 0 Å². The highest BCUT2D eigenvalue weighted by atomic mass is 16.7. The number of nitrogens with zero attached hydrogens (tertiary/aromatic N) is 1. The molecule has 1 aliphatic heterocycles. The Morgan fingerprint density at radius 2 is 1.71 bits per heavy atom. The van der Waals surface area contributed by atoms with Crippen LogP contribution in [0.1, 0.15) is 38.5 Å². The Labute approximate surface area is 104 Å². The van der Waals surface area contributed by atoms with E-state index in [4.69, 9.17) is 4.84 Å². The quantitative estimate of drug-likeness (QED) is 0.768. The van der Waals surface area contributed by atoms with E-state index < -0.39 is 0 Å². The Bertz CT molecular complexity index is 345. The summed E-state index contributed by atoms with van der Waals surface area (Å²) >= 11 is 0. The molecule has 1 saturated carbocycles. The molecule has 2 fully saturated rings. The standard InChI is InChI=1S/C15H21NO/c1-3-7-13(8-4-1)15-11-12-17-16(15)14-9-5-2-6-10-14/h2,5-6,9-10,13,15H,1,3-4,7-8,11-12H2. The lowest BCUT2D eigenvalue weighted by molar-refractivity contribution is 0.144. The van der Waals surface area contributed by atoms with Gasteiger partial charge in [0.15, 0.2) is 0 Å². The van der Waals surface area contributed by atoms with Crippen molar-refractivity contribution in [2.24, 2.45) is 5.92 Å². The molecule has 1 atom stereocenters. The zero-order chi connectivity index (χ0) is 11.5. The van der Waals surface area contributed by atoms with Crippen molar-refractivity contribution < 1.29 is 4.84 Å². The van der Waals surface area contributed by atoms with Crippen molar-refractivity contribution in [2.45, 2.75) is 44.6 Å². The third-order valence-corrected chi connectivity index (χ3v) is 4.15. The summed E-state index contributed by atoms with van der Waals surface area (Å²) in [4.78, 5) is 5.84. The Kier molecular flexibility index (Phi) is 3.32.